The molecule has 1 amide bonds. The van der Waals surface area contributed by atoms with Gasteiger partial charge in [-0.15, -0.1) is 12.4 Å². The Morgan fingerprint density at radius 2 is 2.00 bits per heavy atom. The Morgan fingerprint density at radius 1 is 1.37 bits per heavy atom. The van der Waals surface area contributed by atoms with Crippen LogP contribution in [0.15, 0.2) is 18.2 Å². The zero-order valence-electron chi connectivity index (χ0n) is 16.1. The summed E-state index contributed by atoms with van der Waals surface area (Å²) < 4.78 is 0. The van der Waals surface area contributed by atoms with Gasteiger partial charge in [0.1, 0.15) is 0 Å². The summed E-state index contributed by atoms with van der Waals surface area (Å²) in [5.74, 6) is -0.842. The van der Waals surface area contributed by atoms with Crippen LogP contribution in [0.2, 0.25) is 5.02 Å². The Hall–Kier alpha value is -1.34. The second kappa shape index (κ2) is 10.9. The summed E-state index contributed by atoms with van der Waals surface area (Å²) >= 11 is 6.02. The Morgan fingerprint density at radius 3 is 2.56 bits per heavy atom. The Bertz CT molecular complexity index is 649. The van der Waals surface area contributed by atoms with Crippen molar-refractivity contribution in [3.63, 3.8) is 0 Å². The number of rotatable bonds is 7. The molecule has 6 nitrogen and oxygen atoms in total. The fraction of sp³-hybridized carbons (Fsp3) is 0.579. The van der Waals surface area contributed by atoms with E-state index in [2.05, 4.69) is 10.2 Å². The lowest BCUT2D eigenvalue weighted by Gasteiger charge is -2.39. The van der Waals surface area contributed by atoms with E-state index in [-0.39, 0.29) is 36.9 Å². The van der Waals surface area contributed by atoms with Crippen LogP contribution in [-0.4, -0.2) is 65.0 Å². The molecule has 1 unspecified atom stereocenters. The van der Waals surface area contributed by atoms with Crippen molar-refractivity contribution >= 4 is 41.6 Å². The number of hydrogen-bond acceptors (Lipinski definition) is 4. The van der Waals surface area contributed by atoms with E-state index in [1.54, 1.807) is 12.1 Å². The van der Waals surface area contributed by atoms with E-state index < -0.39 is 5.97 Å². The van der Waals surface area contributed by atoms with E-state index in [4.69, 9.17) is 16.7 Å². The number of hydrogen-bond donors (Lipinski definition) is 2. The number of likely N-dealkylation sites (N-methyl/N-ethyl adjacent to an activating group) is 1. The van der Waals surface area contributed by atoms with Gasteiger partial charge in [-0.25, -0.2) is 0 Å². The van der Waals surface area contributed by atoms with Crippen molar-refractivity contribution in [3.05, 3.63) is 28.8 Å². The van der Waals surface area contributed by atoms with E-state index in [0.29, 0.717) is 5.02 Å². The molecule has 8 heteroatoms. The minimum atomic E-state index is -0.793. The number of aryl methyl sites for hydroxylation is 1. The minimum absolute atomic E-state index is 0. The van der Waals surface area contributed by atoms with Crippen LogP contribution in [-0.2, 0) is 9.59 Å². The summed E-state index contributed by atoms with van der Waals surface area (Å²) in [6.45, 7) is 8.19. The number of piperidine rings is 1. The summed E-state index contributed by atoms with van der Waals surface area (Å²) in [5.41, 5.74) is 1.71. The highest BCUT2D eigenvalue weighted by Gasteiger charge is 2.29. The maximum atomic E-state index is 12.6. The fourth-order valence-corrected chi connectivity index (χ4v) is 3.62. The molecule has 0 radical (unpaired) electrons. The summed E-state index contributed by atoms with van der Waals surface area (Å²) in [7, 11) is 0. The van der Waals surface area contributed by atoms with Gasteiger partial charge in [-0.2, -0.15) is 0 Å². The molecule has 0 spiro atoms. The second-order valence-electron chi connectivity index (χ2n) is 6.85. The predicted molar refractivity (Wildman–Crippen MR) is 111 cm³/mol. The lowest BCUT2D eigenvalue weighted by atomic mass is 10.0. The highest BCUT2D eigenvalue weighted by molar-refractivity contribution is 6.31. The van der Waals surface area contributed by atoms with Crippen molar-refractivity contribution in [2.24, 2.45) is 0 Å². The lowest BCUT2D eigenvalue weighted by molar-refractivity contribution is -0.139. The molecule has 0 aromatic heterocycles. The van der Waals surface area contributed by atoms with Crippen LogP contribution in [0.4, 0.5) is 5.69 Å². The highest BCUT2D eigenvalue weighted by atomic mass is 35.5. The number of carbonyl (C=O) groups is 2. The van der Waals surface area contributed by atoms with Crippen molar-refractivity contribution in [1.29, 1.82) is 0 Å². The second-order valence-corrected chi connectivity index (χ2v) is 7.28. The number of likely N-dealkylation sites (tertiary alicyclic amines) is 1. The zero-order valence-corrected chi connectivity index (χ0v) is 17.6. The summed E-state index contributed by atoms with van der Waals surface area (Å²) in [6, 6.07) is 5.47. The van der Waals surface area contributed by atoms with Crippen molar-refractivity contribution in [2.75, 3.05) is 31.5 Å². The molecule has 1 aromatic carbocycles. The lowest BCUT2D eigenvalue weighted by Crippen LogP contribution is -2.51. The van der Waals surface area contributed by atoms with Gasteiger partial charge in [0, 0.05) is 29.8 Å². The van der Waals surface area contributed by atoms with Crippen LogP contribution >= 0.6 is 24.0 Å². The normalized spacial score (nSPS) is 16.6. The molecule has 1 saturated heterocycles. The number of anilines is 1. The van der Waals surface area contributed by atoms with Crippen LogP contribution < -0.4 is 5.32 Å². The molecular formula is C19H29Cl2N3O3. The number of carboxylic acids is 1. The first kappa shape index (κ1) is 23.7. The molecule has 152 valence electrons. The highest BCUT2D eigenvalue weighted by Crippen LogP contribution is 2.22. The summed E-state index contributed by atoms with van der Waals surface area (Å²) in [5, 5.41) is 12.6. The molecule has 2 N–H and O–H groups in total. The van der Waals surface area contributed by atoms with E-state index in [9.17, 15) is 9.59 Å². The largest absolute Gasteiger partial charge is 0.480 e. The van der Waals surface area contributed by atoms with E-state index in [1.165, 1.54) is 0 Å². The van der Waals surface area contributed by atoms with E-state index in [0.717, 1.165) is 43.7 Å². The smallest absolute Gasteiger partial charge is 0.317 e. The third-order valence-electron chi connectivity index (χ3n) is 5.14. The van der Waals surface area contributed by atoms with Gasteiger partial charge in [-0.05, 0) is 50.9 Å². The van der Waals surface area contributed by atoms with E-state index >= 15 is 0 Å². The van der Waals surface area contributed by atoms with Crippen LogP contribution in [0.5, 0.6) is 0 Å². The third kappa shape index (κ3) is 6.64. The topological polar surface area (TPSA) is 72.9 Å². The molecule has 1 aliphatic rings. The maximum absolute atomic E-state index is 12.6. The van der Waals surface area contributed by atoms with Gasteiger partial charge in [-0.3, -0.25) is 19.4 Å². The first-order valence-corrected chi connectivity index (χ1v) is 9.46. The number of carbonyl (C=O) groups excluding carboxylic acids is 1. The Balaban J connectivity index is 0.00000364. The van der Waals surface area contributed by atoms with Crippen LogP contribution in [0, 0.1) is 6.92 Å². The number of carboxylic acid groups (broad SMARTS) is 1. The molecule has 2 rings (SSSR count). The van der Waals surface area contributed by atoms with Crippen LogP contribution in [0.25, 0.3) is 0 Å². The van der Waals surface area contributed by atoms with Crippen LogP contribution in [0.1, 0.15) is 32.3 Å². The van der Waals surface area contributed by atoms with E-state index in [1.807, 2.05) is 31.7 Å². The predicted octanol–water partition coefficient (Wildman–Crippen LogP) is 3.27. The summed E-state index contributed by atoms with van der Waals surface area (Å²) in [6.07, 6.45) is 1.74. The molecule has 0 bridgehead atoms. The van der Waals surface area contributed by atoms with Gasteiger partial charge < -0.3 is 10.4 Å². The molecule has 0 saturated carbocycles. The van der Waals surface area contributed by atoms with Crippen molar-refractivity contribution < 1.29 is 14.7 Å². The van der Waals surface area contributed by atoms with Gasteiger partial charge >= 0.3 is 5.97 Å². The standard InChI is InChI=1S/C19H28ClN3O3.ClH/c1-4-22(12-18(24)25)16-7-9-23(10-8-16)14(3)19(26)21-17-11-15(20)6-5-13(17)2;/h5-6,11,14,16H,4,7-10,12H2,1-3H3,(H,21,26)(H,24,25);1H. The average molecular weight is 418 g/mol. The van der Waals surface area contributed by atoms with Gasteiger partial charge in [0.15, 0.2) is 0 Å². The number of halogens is 2. The molecule has 1 atom stereocenters. The number of nitrogens with one attached hydrogen (secondary N) is 1. The van der Waals surface area contributed by atoms with Gasteiger partial charge in [0.05, 0.1) is 12.6 Å². The van der Waals surface area contributed by atoms with Gasteiger partial charge in [0.2, 0.25) is 5.91 Å². The van der Waals surface area contributed by atoms with Crippen molar-refractivity contribution in [1.82, 2.24) is 9.80 Å². The Kier molecular flexibility index (Phi) is 9.53. The molecule has 27 heavy (non-hydrogen) atoms. The molecule has 1 heterocycles. The SMILES string of the molecule is CCN(CC(=O)O)C1CCN(C(C)C(=O)Nc2cc(Cl)ccc2C)CC1.Cl. The average Bonchev–Trinajstić information content (AvgIpc) is 2.62. The number of amides is 1. The number of benzene rings is 1. The van der Waals surface area contributed by atoms with Crippen LogP contribution in [0.3, 0.4) is 0 Å². The minimum Gasteiger partial charge on any atom is -0.480 e. The van der Waals surface area contributed by atoms with Gasteiger partial charge in [0.25, 0.3) is 0 Å². The first-order chi connectivity index (χ1) is 12.3. The fourth-order valence-electron chi connectivity index (χ4n) is 3.44. The van der Waals surface area contributed by atoms with Crippen molar-refractivity contribution in [3.8, 4) is 0 Å². The number of aliphatic carboxylic acids is 1. The summed E-state index contributed by atoms with van der Waals surface area (Å²) in [4.78, 5) is 27.7. The third-order valence-corrected chi connectivity index (χ3v) is 5.38. The molecular weight excluding hydrogens is 389 g/mol. The zero-order chi connectivity index (χ0) is 19.3. The molecule has 1 aromatic rings. The Labute approximate surface area is 172 Å². The first-order valence-electron chi connectivity index (χ1n) is 9.08. The molecule has 1 fully saturated rings. The van der Waals surface area contributed by atoms with Crippen molar-refractivity contribution in [2.45, 2.75) is 45.7 Å². The number of nitrogens with zero attached hydrogens (tertiary/aromatic N) is 2. The quantitative estimate of drug-likeness (QED) is 0.711. The monoisotopic (exact) mass is 417 g/mol. The molecule has 0 aliphatic carbocycles. The maximum Gasteiger partial charge on any atom is 0.317 e. The molecule has 1 aliphatic heterocycles. The van der Waals surface area contributed by atoms with Gasteiger partial charge in [-0.1, -0.05) is 24.6 Å².